The minimum atomic E-state index is -1.08. The summed E-state index contributed by atoms with van der Waals surface area (Å²) < 4.78 is 0. The summed E-state index contributed by atoms with van der Waals surface area (Å²) in [5, 5.41) is 21.3. The van der Waals surface area contributed by atoms with Crippen molar-refractivity contribution in [1.29, 1.82) is 0 Å². The van der Waals surface area contributed by atoms with Crippen LogP contribution in [0.1, 0.15) is 31.7 Å². The van der Waals surface area contributed by atoms with Gasteiger partial charge in [0.05, 0.1) is 11.4 Å². The Balaban J connectivity index is 2.65. The highest BCUT2D eigenvalue weighted by atomic mass is 16.4. The van der Waals surface area contributed by atoms with E-state index in [0.717, 1.165) is 0 Å². The first-order valence-corrected chi connectivity index (χ1v) is 6.27. The lowest BCUT2D eigenvalue weighted by molar-refractivity contribution is -0.139. The molecule has 0 saturated carbocycles. The van der Waals surface area contributed by atoms with Crippen LogP contribution in [-0.2, 0) is 4.79 Å². The molecule has 1 heterocycles. The zero-order valence-corrected chi connectivity index (χ0v) is 12.0. The maximum atomic E-state index is 11.7. The summed E-state index contributed by atoms with van der Waals surface area (Å²) in [4.78, 5) is 26.8. The predicted octanol–water partition coefficient (Wildman–Crippen LogP) is 1.11. The minimum Gasteiger partial charge on any atom is -0.480 e. The molecule has 8 heteroatoms. The van der Waals surface area contributed by atoms with Crippen LogP contribution in [0.15, 0.2) is 0 Å². The summed E-state index contributed by atoms with van der Waals surface area (Å²) in [5.74, 6) is -0.886. The van der Waals surface area contributed by atoms with Crippen LogP contribution in [0.25, 0.3) is 0 Å². The quantitative estimate of drug-likeness (QED) is 0.744. The summed E-state index contributed by atoms with van der Waals surface area (Å²) in [6.07, 6.45) is 0.342. The van der Waals surface area contributed by atoms with Crippen molar-refractivity contribution in [2.24, 2.45) is 5.92 Å². The zero-order valence-electron chi connectivity index (χ0n) is 12.0. The number of hydrogen-bond acceptors (Lipinski definition) is 5. The molecule has 0 aromatic carbocycles. The Morgan fingerprint density at radius 3 is 2.35 bits per heavy atom. The van der Waals surface area contributed by atoms with Gasteiger partial charge in [0.25, 0.3) is 5.95 Å². The number of nitrogens with one attached hydrogen (secondary N) is 2. The van der Waals surface area contributed by atoms with Gasteiger partial charge in [0.15, 0.2) is 0 Å². The third-order valence-corrected chi connectivity index (χ3v) is 2.63. The van der Waals surface area contributed by atoms with Gasteiger partial charge in [-0.2, -0.15) is 5.10 Å². The van der Waals surface area contributed by atoms with E-state index < -0.39 is 18.0 Å². The highest BCUT2D eigenvalue weighted by Gasteiger charge is 2.21. The van der Waals surface area contributed by atoms with Gasteiger partial charge in [-0.25, -0.2) is 14.6 Å². The molecule has 3 N–H and O–H groups in total. The van der Waals surface area contributed by atoms with Crippen molar-refractivity contribution in [3.05, 3.63) is 11.4 Å². The zero-order chi connectivity index (χ0) is 15.3. The summed E-state index contributed by atoms with van der Waals surface area (Å²) in [6, 6.07) is -1.61. The predicted molar refractivity (Wildman–Crippen MR) is 72.3 cm³/mol. The van der Waals surface area contributed by atoms with Crippen molar-refractivity contribution in [3.8, 4) is 0 Å². The second-order valence-corrected chi connectivity index (χ2v) is 4.93. The molecule has 1 aromatic heterocycles. The Bertz CT molecular complexity index is 504. The molecule has 0 aliphatic carbocycles. The number of carboxylic acids is 1. The first-order valence-electron chi connectivity index (χ1n) is 6.27. The molecule has 0 fully saturated rings. The van der Waals surface area contributed by atoms with Gasteiger partial charge in [-0.3, -0.25) is 5.32 Å². The number of aromatic nitrogens is 3. The summed E-state index contributed by atoms with van der Waals surface area (Å²) >= 11 is 0. The number of urea groups is 1. The molecule has 1 rings (SSSR count). The first kappa shape index (κ1) is 15.8. The van der Waals surface area contributed by atoms with Crippen molar-refractivity contribution in [2.75, 3.05) is 5.32 Å². The maximum absolute atomic E-state index is 11.7. The standard InChI is InChI=1S/C12H19N5O3/c1-6(2)5-9(10(18)19)14-12(20)15-11-13-7(3)8(4)16-17-11/h6,9H,5H2,1-4H3,(H,18,19)(H2,13,14,15,17,20). The highest BCUT2D eigenvalue weighted by Crippen LogP contribution is 2.06. The van der Waals surface area contributed by atoms with Crippen molar-refractivity contribution < 1.29 is 14.7 Å². The van der Waals surface area contributed by atoms with Crippen LogP contribution in [0.2, 0.25) is 0 Å². The molecule has 2 amide bonds. The van der Waals surface area contributed by atoms with Gasteiger partial charge in [0.1, 0.15) is 6.04 Å². The maximum Gasteiger partial charge on any atom is 0.326 e. The van der Waals surface area contributed by atoms with Gasteiger partial charge < -0.3 is 10.4 Å². The normalized spacial score (nSPS) is 12.1. The molecule has 110 valence electrons. The van der Waals surface area contributed by atoms with E-state index in [0.29, 0.717) is 17.8 Å². The molecule has 8 nitrogen and oxygen atoms in total. The summed E-state index contributed by atoms with van der Waals surface area (Å²) in [7, 11) is 0. The van der Waals surface area contributed by atoms with Crippen LogP contribution in [0, 0.1) is 19.8 Å². The van der Waals surface area contributed by atoms with E-state index in [1.54, 1.807) is 13.8 Å². The number of hydrogen-bond donors (Lipinski definition) is 3. The number of carbonyl (C=O) groups is 2. The molecule has 0 saturated heterocycles. The van der Waals surface area contributed by atoms with E-state index in [1.807, 2.05) is 13.8 Å². The van der Waals surface area contributed by atoms with Crippen molar-refractivity contribution in [1.82, 2.24) is 20.5 Å². The monoisotopic (exact) mass is 281 g/mol. The molecule has 1 unspecified atom stereocenters. The Kier molecular flexibility index (Phi) is 5.36. The van der Waals surface area contributed by atoms with Crippen LogP contribution in [0.3, 0.4) is 0 Å². The first-order chi connectivity index (χ1) is 9.29. The van der Waals surface area contributed by atoms with Gasteiger partial charge in [0.2, 0.25) is 0 Å². The molecule has 0 radical (unpaired) electrons. The highest BCUT2D eigenvalue weighted by molar-refractivity contribution is 5.90. The Morgan fingerprint density at radius 1 is 1.20 bits per heavy atom. The molecule has 0 aliphatic rings. The minimum absolute atomic E-state index is 0.0410. The molecule has 0 aliphatic heterocycles. The average Bonchev–Trinajstić information content (AvgIpc) is 2.32. The topological polar surface area (TPSA) is 117 Å². The van der Waals surface area contributed by atoms with Crippen molar-refractivity contribution in [3.63, 3.8) is 0 Å². The number of rotatable bonds is 5. The lowest BCUT2D eigenvalue weighted by Gasteiger charge is -2.16. The second kappa shape index (κ2) is 6.78. The average molecular weight is 281 g/mol. The number of carbonyl (C=O) groups excluding carboxylic acids is 1. The lowest BCUT2D eigenvalue weighted by atomic mass is 10.0. The molecule has 1 aromatic rings. The summed E-state index contributed by atoms with van der Waals surface area (Å²) in [6.45, 7) is 7.26. The van der Waals surface area contributed by atoms with Crippen LogP contribution >= 0.6 is 0 Å². The number of anilines is 1. The summed E-state index contributed by atoms with van der Waals surface area (Å²) in [5.41, 5.74) is 1.31. The lowest BCUT2D eigenvalue weighted by Crippen LogP contribution is -2.44. The second-order valence-electron chi connectivity index (χ2n) is 4.93. The van der Waals surface area contributed by atoms with Crippen LogP contribution in [0.4, 0.5) is 10.7 Å². The van der Waals surface area contributed by atoms with Gasteiger partial charge in [-0.15, -0.1) is 5.10 Å². The fraction of sp³-hybridized carbons (Fsp3) is 0.583. The molecule has 0 spiro atoms. The number of carboxylic acid groups (broad SMARTS) is 1. The van der Waals surface area contributed by atoms with E-state index in [-0.39, 0.29) is 11.9 Å². The van der Waals surface area contributed by atoms with E-state index in [2.05, 4.69) is 25.8 Å². The van der Waals surface area contributed by atoms with Crippen LogP contribution in [-0.4, -0.2) is 38.3 Å². The SMILES string of the molecule is Cc1nnc(NC(=O)NC(CC(C)C)C(=O)O)nc1C. The Morgan fingerprint density at radius 2 is 1.85 bits per heavy atom. The van der Waals surface area contributed by atoms with Gasteiger partial charge >= 0.3 is 12.0 Å². The van der Waals surface area contributed by atoms with Gasteiger partial charge in [0, 0.05) is 0 Å². The Labute approximate surface area is 117 Å². The van der Waals surface area contributed by atoms with Gasteiger partial charge in [-0.05, 0) is 26.2 Å². The Hall–Kier alpha value is -2.25. The fourth-order valence-corrected chi connectivity index (χ4v) is 1.50. The number of amides is 2. The molecule has 1 atom stereocenters. The third-order valence-electron chi connectivity index (χ3n) is 2.63. The van der Waals surface area contributed by atoms with E-state index in [9.17, 15) is 9.59 Å². The number of nitrogens with zero attached hydrogens (tertiary/aromatic N) is 3. The molecular formula is C12H19N5O3. The van der Waals surface area contributed by atoms with Crippen LogP contribution in [0.5, 0.6) is 0 Å². The van der Waals surface area contributed by atoms with E-state index >= 15 is 0 Å². The smallest absolute Gasteiger partial charge is 0.326 e. The van der Waals surface area contributed by atoms with Gasteiger partial charge in [-0.1, -0.05) is 13.8 Å². The van der Waals surface area contributed by atoms with E-state index in [4.69, 9.17) is 5.11 Å². The molecule has 0 bridgehead atoms. The van der Waals surface area contributed by atoms with Crippen molar-refractivity contribution >= 4 is 17.9 Å². The molecular weight excluding hydrogens is 262 g/mol. The molecule has 20 heavy (non-hydrogen) atoms. The van der Waals surface area contributed by atoms with Crippen LogP contribution < -0.4 is 10.6 Å². The number of aryl methyl sites for hydroxylation is 2. The fourth-order valence-electron chi connectivity index (χ4n) is 1.50. The van der Waals surface area contributed by atoms with E-state index in [1.165, 1.54) is 0 Å². The van der Waals surface area contributed by atoms with Crippen molar-refractivity contribution in [2.45, 2.75) is 40.2 Å². The third kappa shape index (κ3) is 4.79. The number of aliphatic carboxylic acids is 1. The largest absolute Gasteiger partial charge is 0.480 e.